The number of carbonyl (C=O) groups is 1. The topological polar surface area (TPSA) is 38.8 Å². The van der Waals surface area contributed by atoms with E-state index < -0.39 is 6.10 Å². The van der Waals surface area contributed by atoms with Crippen LogP contribution in [0.25, 0.3) is 0 Å². The van der Waals surface area contributed by atoms with Gasteiger partial charge in [-0.1, -0.05) is 60.7 Å². The van der Waals surface area contributed by atoms with Crippen LogP contribution >= 0.6 is 0 Å². The Balaban J connectivity index is 1.73. The van der Waals surface area contributed by atoms with E-state index in [1.165, 1.54) is 0 Å². The number of methoxy groups -OCH3 is 1. The highest BCUT2D eigenvalue weighted by Crippen LogP contribution is 2.19. The Kier molecular flexibility index (Phi) is 6.68. The first-order chi connectivity index (χ1) is 13.7. The third-order valence-corrected chi connectivity index (χ3v) is 4.46. The van der Waals surface area contributed by atoms with E-state index in [1.807, 2.05) is 77.7 Å². The number of hydrogen-bond donors (Lipinski definition) is 0. The van der Waals surface area contributed by atoms with Gasteiger partial charge in [0.25, 0.3) is 5.91 Å². The number of nitrogens with zero attached hydrogens (tertiary/aromatic N) is 1. The molecule has 144 valence electrons. The summed E-state index contributed by atoms with van der Waals surface area (Å²) in [5, 5.41) is 0. The maximum absolute atomic E-state index is 13.2. The van der Waals surface area contributed by atoms with Crippen molar-refractivity contribution in [1.29, 1.82) is 0 Å². The minimum Gasteiger partial charge on any atom is -0.497 e. The lowest BCUT2D eigenvalue weighted by molar-refractivity contribution is -0.139. The van der Waals surface area contributed by atoms with Crippen molar-refractivity contribution in [3.8, 4) is 11.5 Å². The van der Waals surface area contributed by atoms with Crippen LogP contribution in [-0.2, 0) is 17.9 Å². The van der Waals surface area contributed by atoms with E-state index in [2.05, 4.69) is 0 Å². The normalized spacial score (nSPS) is 11.5. The summed E-state index contributed by atoms with van der Waals surface area (Å²) in [5.74, 6) is 1.34. The van der Waals surface area contributed by atoms with Gasteiger partial charge in [0, 0.05) is 13.1 Å². The predicted octanol–water partition coefficient (Wildman–Crippen LogP) is 4.69. The summed E-state index contributed by atoms with van der Waals surface area (Å²) in [4.78, 5) is 15.0. The van der Waals surface area contributed by atoms with Crippen LogP contribution in [0.2, 0.25) is 0 Å². The van der Waals surface area contributed by atoms with Crippen LogP contribution in [0.15, 0.2) is 84.9 Å². The van der Waals surface area contributed by atoms with Crippen LogP contribution in [0.5, 0.6) is 11.5 Å². The van der Waals surface area contributed by atoms with Gasteiger partial charge in [0.1, 0.15) is 11.5 Å². The molecule has 4 nitrogen and oxygen atoms in total. The second-order valence-corrected chi connectivity index (χ2v) is 6.60. The molecule has 4 heteroatoms. The first-order valence-electron chi connectivity index (χ1n) is 9.33. The number of ether oxygens (including phenoxy) is 2. The summed E-state index contributed by atoms with van der Waals surface area (Å²) in [6.45, 7) is 2.85. The van der Waals surface area contributed by atoms with Gasteiger partial charge >= 0.3 is 0 Å². The second-order valence-electron chi connectivity index (χ2n) is 6.60. The quantitative estimate of drug-likeness (QED) is 0.573. The maximum atomic E-state index is 13.2. The molecule has 0 heterocycles. The highest BCUT2D eigenvalue weighted by Gasteiger charge is 2.22. The fourth-order valence-electron chi connectivity index (χ4n) is 2.99. The predicted molar refractivity (Wildman–Crippen MR) is 110 cm³/mol. The third-order valence-electron chi connectivity index (χ3n) is 4.46. The molecule has 0 unspecified atom stereocenters. The first kappa shape index (κ1) is 19.5. The molecule has 0 aliphatic rings. The highest BCUT2D eigenvalue weighted by atomic mass is 16.5. The van der Waals surface area contributed by atoms with Crippen LogP contribution in [-0.4, -0.2) is 24.0 Å². The number of amides is 1. The minimum absolute atomic E-state index is 0.0523. The molecule has 28 heavy (non-hydrogen) atoms. The van der Waals surface area contributed by atoms with Crippen LogP contribution in [0.4, 0.5) is 0 Å². The number of carbonyl (C=O) groups excluding carboxylic acids is 1. The van der Waals surface area contributed by atoms with E-state index in [-0.39, 0.29) is 5.91 Å². The van der Waals surface area contributed by atoms with Crippen molar-refractivity contribution in [3.63, 3.8) is 0 Å². The zero-order valence-corrected chi connectivity index (χ0v) is 16.2. The Morgan fingerprint density at radius 2 is 1.25 bits per heavy atom. The van der Waals surface area contributed by atoms with Gasteiger partial charge in [0.05, 0.1) is 7.11 Å². The van der Waals surface area contributed by atoms with Crippen molar-refractivity contribution >= 4 is 5.91 Å². The van der Waals surface area contributed by atoms with Crippen molar-refractivity contribution in [1.82, 2.24) is 4.90 Å². The van der Waals surface area contributed by atoms with E-state index in [1.54, 1.807) is 26.2 Å². The molecular weight excluding hydrogens is 350 g/mol. The van der Waals surface area contributed by atoms with Crippen LogP contribution in [0.3, 0.4) is 0 Å². The van der Waals surface area contributed by atoms with E-state index in [0.717, 1.165) is 16.9 Å². The maximum Gasteiger partial charge on any atom is 0.263 e. The summed E-state index contributed by atoms with van der Waals surface area (Å²) < 4.78 is 11.0. The van der Waals surface area contributed by atoms with Crippen LogP contribution in [0.1, 0.15) is 18.1 Å². The van der Waals surface area contributed by atoms with Crippen molar-refractivity contribution in [3.05, 3.63) is 96.1 Å². The fourth-order valence-corrected chi connectivity index (χ4v) is 2.99. The van der Waals surface area contributed by atoms with Crippen molar-refractivity contribution in [2.24, 2.45) is 0 Å². The Morgan fingerprint density at radius 3 is 1.71 bits per heavy atom. The lowest BCUT2D eigenvalue weighted by Crippen LogP contribution is -2.39. The van der Waals surface area contributed by atoms with Crippen molar-refractivity contribution < 1.29 is 14.3 Å². The van der Waals surface area contributed by atoms with Gasteiger partial charge in [-0.2, -0.15) is 0 Å². The van der Waals surface area contributed by atoms with Gasteiger partial charge in [-0.05, 0) is 42.3 Å². The van der Waals surface area contributed by atoms with Gasteiger partial charge in [0.15, 0.2) is 6.10 Å². The molecule has 0 spiro atoms. The fraction of sp³-hybridized carbons (Fsp3) is 0.208. The third kappa shape index (κ3) is 5.36. The van der Waals surface area contributed by atoms with E-state index >= 15 is 0 Å². The van der Waals surface area contributed by atoms with Gasteiger partial charge in [-0.3, -0.25) is 4.79 Å². The molecule has 0 bridgehead atoms. The Hall–Kier alpha value is -3.27. The molecule has 0 N–H and O–H groups in total. The van der Waals surface area contributed by atoms with Crippen molar-refractivity contribution in [2.75, 3.05) is 7.11 Å². The van der Waals surface area contributed by atoms with E-state index in [4.69, 9.17) is 9.47 Å². The molecule has 0 aromatic heterocycles. The molecule has 0 radical (unpaired) electrons. The summed E-state index contributed by atoms with van der Waals surface area (Å²) in [5.41, 5.74) is 2.17. The summed E-state index contributed by atoms with van der Waals surface area (Å²) in [7, 11) is 1.62. The standard InChI is InChI=1S/C24H25NO3/c1-19(28-23-15-13-22(27-2)14-16-23)24(26)25(17-20-9-5-3-6-10-20)18-21-11-7-4-8-12-21/h3-16,19H,17-18H2,1-2H3/t19-/m1/s1. The largest absolute Gasteiger partial charge is 0.497 e. The molecule has 1 amide bonds. The second kappa shape index (κ2) is 9.60. The van der Waals surface area contributed by atoms with E-state index in [0.29, 0.717) is 18.8 Å². The molecule has 0 saturated heterocycles. The first-order valence-corrected chi connectivity index (χ1v) is 9.33. The average molecular weight is 375 g/mol. The molecule has 3 aromatic carbocycles. The summed E-state index contributed by atoms with van der Waals surface area (Å²) >= 11 is 0. The van der Waals surface area contributed by atoms with Gasteiger partial charge in [-0.25, -0.2) is 0 Å². The monoisotopic (exact) mass is 375 g/mol. The molecule has 1 atom stereocenters. The average Bonchev–Trinajstić information content (AvgIpc) is 2.75. The number of rotatable bonds is 8. The van der Waals surface area contributed by atoms with Crippen LogP contribution in [0, 0.1) is 0 Å². The van der Waals surface area contributed by atoms with Crippen molar-refractivity contribution in [2.45, 2.75) is 26.1 Å². The minimum atomic E-state index is -0.596. The summed E-state index contributed by atoms with van der Waals surface area (Å²) in [6, 6.07) is 27.2. The summed E-state index contributed by atoms with van der Waals surface area (Å²) in [6.07, 6.45) is -0.596. The zero-order valence-electron chi connectivity index (χ0n) is 16.2. The molecule has 0 saturated carbocycles. The molecule has 3 aromatic rings. The lowest BCUT2D eigenvalue weighted by atomic mass is 10.1. The number of benzene rings is 3. The Labute approximate surface area is 166 Å². The van der Waals surface area contributed by atoms with Gasteiger partial charge in [-0.15, -0.1) is 0 Å². The van der Waals surface area contributed by atoms with Gasteiger partial charge in [0.2, 0.25) is 0 Å². The number of hydrogen-bond acceptors (Lipinski definition) is 3. The Morgan fingerprint density at radius 1 is 0.786 bits per heavy atom. The zero-order chi connectivity index (χ0) is 19.8. The van der Waals surface area contributed by atoms with Gasteiger partial charge < -0.3 is 14.4 Å². The molecular formula is C24H25NO3. The van der Waals surface area contributed by atoms with Crippen LogP contribution < -0.4 is 9.47 Å². The molecule has 0 aliphatic carbocycles. The van der Waals surface area contributed by atoms with E-state index in [9.17, 15) is 4.79 Å². The lowest BCUT2D eigenvalue weighted by Gasteiger charge is -2.26. The SMILES string of the molecule is COc1ccc(O[C@H](C)C(=O)N(Cc2ccccc2)Cc2ccccc2)cc1. The Bertz CT molecular complexity index is 822. The molecule has 0 fully saturated rings. The highest BCUT2D eigenvalue weighted by molar-refractivity contribution is 5.81. The smallest absolute Gasteiger partial charge is 0.263 e. The molecule has 3 rings (SSSR count). The molecule has 0 aliphatic heterocycles.